The van der Waals surface area contributed by atoms with Crippen molar-refractivity contribution >= 4 is 34.3 Å². The summed E-state index contributed by atoms with van der Waals surface area (Å²) in [5.74, 6) is -0.175. The van der Waals surface area contributed by atoms with E-state index in [9.17, 15) is 9.90 Å². The summed E-state index contributed by atoms with van der Waals surface area (Å²) in [7, 11) is 0. The van der Waals surface area contributed by atoms with Crippen LogP contribution in [0.4, 0.5) is 5.69 Å². The highest BCUT2D eigenvalue weighted by Gasteiger charge is 2.11. The summed E-state index contributed by atoms with van der Waals surface area (Å²) in [5.41, 5.74) is 1.91. The number of aliphatic hydroxyl groups excluding tert-OH is 1. The van der Waals surface area contributed by atoms with Crippen molar-refractivity contribution in [2.45, 2.75) is 13.0 Å². The van der Waals surface area contributed by atoms with E-state index in [0.29, 0.717) is 11.3 Å². The monoisotopic (exact) mass is 331 g/mol. The molecule has 7 heteroatoms. The van der Waals surface area contributed by atoms with Gasteiger partial charge in [-0.25, -0.2) is 4.98 Å². The number of nitrogens with one attached hydrogen (secondary N) is 1. The second-order valence-electron chi connectivity index (χ2n) is 4.54. The number of aromatic nitrogens is 2. The van der Waals surface area contributed by atoms with Gasteiger partial charge >= 0.3 is 0 Å². The molecular weight excluding hydrogens is 318 g/mol. The van der Waals surface area contributed by atoms with Gasteiger partial charge in [-0.05, 0) is 17.5 Å². The van der Waals surface area contributed by atoms with Crippen LogP contribution in [0, 0.1) is 0 Å². The summed E-state index contributed by atoms with van der Waals surface area (Å²) >= 11 is 3.16. The average Bonchev–Trinajstić information content (AvgIpc) is 3.18. The van der Waals surface area contributed by atoms with Gasteiger partial charge in [0.1, 0.15) is 5.01 Å². The third-order valence-electron chi connectivity index (χ3n) is 2.98. The van der Waals surface area contributed by atoms with E-state index in [-0.39, 0.29) is 18.9 Å². The first-order valence-corrected chi connectivity index (χ1v) is 8.34. The molecule has 0 fully saturated rings. The Kier molecular flexibility index (Phi) is 4.57. The van der Waals surface area contributed by atoms with Crippen molar-refractivity contribution in [3.05, 3.63) is 52.6 Å². The molecule has 0 unspecified atom stereocenters. The van der Waals surface area contributed by atoms with Crippen LogP contribution in [0.5, 0.6) is 0 Å². The van der Waals surface area contributed by atoms with Crippen LogP contribution in [0.1, 0.15) is 11.3 Å². The van der Waals surface area contributed by atoms with Gasteiger partial charge in [-0.3, -0.25) is 9.78 Å². The van der Waals surface area contributed by atoms with Gasteiger partial charge in [-0.15, -0.1) is 22.7 Å². The van der Waals surface area contributed by atoms with Crippen molar-refractivity contribution in [1.29, 1.82) is 0 Å². The maximum absolute atomic E-state index is 12.1. The zero-order chi connectivity index (χ0) is 15.4. The number of carbonyl (C=O) groups is 1. The van der Waals surface area contributed by atoms with Gasteiger partial charge in [0.25, 0.3) is 0 Å². The molecule has 3 rings (SSSR count). The minimum absolute atomic E-state index is 0.142. The molecule has 1 amide bonds. The maximum Gasteiger partial charge on any atom is 0.230 e. The molecule has 0 spiro atoms. The molecule has 3 heterocycles. The summed E-state index contributed by atoms with van der Waals surface area (Å²) in [6, 6.07) is 5.66. The maximum atomic E-state index is 12.1. The van der Waals surface area contributed by atoms with Crippen molar-refractivity contribution in [2.24, 2.45) is 0 Å². The third-order valence-corrected chi connectivity index (χ3v) is 4.91. The fourth-order valence-corrected chi connectivity index (χ4v) is 3.57. The highest BCUT2D eigenvalue weighted by molar-refractivity contribution is 7.20. The lowest BCUT2D eigenvalue weighted by Crippen LogP contribution is -2.16. The zero-order valence-corrected chi connectivity index (χ0v) is 13.2. The minimum Gasteiger partial charge on any atom is -0.392 e. The summed E-state index contributed by atoms with van der Waals surface area (Å²) in [6.45, 7) is -0.142. The number of carbonyl (C=O) groups excluding carboxylic acids is 1. The van der Waals surface area contributed by atoms with E-state index < -0.39 is 0 Å². The minimum atomic E-state index is -0.175. The lowest BCUT2D eigenvalue weighted by atomic mass is 10.2. The number of thiophene rings is 1. The van der Waals surface area contributed by atoms with E-state index in [1.807, 2.05) is 22.9 Å². The predicted molar refractivity (Wildman–Crippen MR) is 87.9 cm³/mol. The van der Waals surface area contributed by atoms with E-state index in [1.165, 1.54) is 17.5 Å². The van der Waals surface area contributed by atoms with Crippen molar-refractivity contribution in [3.63, 3.8) is 0 Å². The molecule has 0 aliphatic carbocycles. The first-order valence-electron chi connectivity index (χ1n) is 6.58. The van der Waals surface area contributed by atoms with Gasteiger partial charge in [0.15, 0.2) is 0 Å². The van der Waals surface area contributed by atoms with Gasteiger partial charge in [0.2, 0.25) is 5.91 Å². The lowest BCUT2D eigenvalue weighted by molar-refractivity contribution is -0.115. The number of hydrogen-bond donors (Lipinski definition) is 2. The number of rotatable bonds is 5. The van der Waals surface area contributed by atoms with Gasteiger partial charge in [0.05, 0.1) is 35.5 Å². The quantitative estimate of drug-likeness (QED) is 0.754. The average molecular weight is 331 g/mol. The highest BCUT2D eigenvalue weighted by Crippen LogP contribution is 2.28. The molecule has 3 aromatic heterocycles. The number of anilines is 1. The Morgan fingerprint density at radius 2 is 2.23 bits per heavy atom. The molecule has 0 radical (unpaired) electrons. The van der Waals surface area contributed by atoms with Crippen molar-refractivity contribution in [1.82, 2.24) is 9.97 Å². The van der Waals surface area contributed by atoms with Gasteiger partial charge in [0, 0.05) is 17.1 Å². The molecule has 0 atom stereocenters. The lowest BCUT2D eigenvalue weighted by Gasteiger charge is -2.07. The van der Waals surface area contributed by atoms with Crippen molar-refractivity contribution in [2.75, 3.05) is 5.32 Å². The first-order chi connectivity index (χ1) is 10.8. The SMILES string of the molecule is O=C(Cc1csc(-c2cccs2)n1)Nc1cnccc1CO. The molecule has 0 saturated heterocycles. The van der Waals surface area contributed by atoms with Crippen LogP contribution in [-0.2, 0) is 17.8 Å². The van der Waals surface area contributed by atoms with Crippen molar-refractivity contribution in [3.8, 4) is 9.88 Å². The Labute approximate surface area is 135 Å². The van der Waals surface area contributed by atoms with Crippen LogP contribution >= 0.6 is 22.7 Å². The fourth-order valence-electron chi connectivity index (χ4n) is 1.93. The summed E-state index contributed by atoms with van der Waals surface area (Å²) < 4.78 is 0. The molecule has 0 aliphatic rings. The molecule has 0 bridgehead atoms. The molecule has 112 valence electrons. The molecule has 3 aromatic rings. The molecule has 22 heavy (non-hydrogen) atoms. The number of hydrogen-bond acceptors (Lipinski definition) is 6. The summed E-state index contributed by atoms with van der Waals surface area (Å²) in [6.07, 6.45) is 3.30. The fraction of sp³-hybridized carbons (Fsp3) is 0.133. The standard InChI is InChI=1S/C15H13N3O2S2/c19-8-10-3-4-16-7-12(10)18-14(20)6-11-9-22-15(17-11)13-2-1-5-21-13/h1-5,7,9,19H,6,8H2,(H,18,20). The normalized spacial score (nSPS) is 10.6. The second-order valence-corrected chi connectivity index (χ2v) is 6.34. The highest BCUT2D eigenvalue weighted by atomic mass is 32.1. The number of amides is 1. The van der Waals surface area contributed by atoms with Gasteiger partial charge < -0.3 is 10.4 Å². The van der Waals surface area contributed by atoms with E-state index >= 15 is 0 Å². The van der Waals surface area contributed by atoms with Crippen LogP contribution < -0.4 is 5.32 Å². The molecule has 2 N–H and O–H groups in total. The van der Waals surface area contributed by atoms with Crippen LogP contribution in [0.25, 0.3) is 9.88 Å². The molecule has 5 nitrogen and oxygen atoms in total. The number of aliphatic hydroxyl groups is 1. The number of pyridine rings is 1. The number of nitrogens with zero attached hydrogens (tertiary/aromatic N) is 2. The molecule has 0 aromatic carbocycles. The van der Waals surface area contributed by atoms with Crippen molar-refractivity contribution < 1.29 is 9.90 Å². The van der Waals surface area contributed by atoms with Crippen LogP contribution in [0.2, 0.25) is 0 Å². The smallest absolute Gasteiger partial charge is 0.230 e. The summed E-state index contributed by atoms with van der Waals surface area (Å²) in [4.78, 5) is 21.6. The topological polar surface area (TPSA) is 75.1 Å². The summed E-state index contributed by atoms with van der Waals surface area (Å²) in [5, 5.41) is 16.8. The number of thiazole rings is 1. The van der Waals surface area contributed by atoms with E-state index in [0.717, 1.165) is 15.6 Å². The Hall–Kier alpha value is -2.09. The Bertz CT molecular complexity index is 769. The largest absolute Gasteiger partial charge is 0.392 e. The molecule has 0 saturated carbocycles. The van der Waals surface area contributed by atoms with Gasteiger partial charge in [-0.1, -0.05) is 6.07 Å². The Balaban J connectivity index is 1.67. The van der Waals surface area contributed by atoms with Crippen LogP contribution in [0.15, 0.2) is 41.4 Å². The third kappa shape index (κ3) is 3.38. The van der Waals surface area contributed by atoms with E-state index in [1.54, 1.807) is 23.6 Å². The predicted octanol–water partition coefficient (Wildman–Crippen LogP) is 2.94. The van der Waals surface area contributed by atoms with E-state index in [2.05, 4.69) is 15.3 Å². The molecular formula is C15H13N3O2S2. The Morgan fingerprint density at radius 3 is 3.00 bits per heavy atom. The van der Waals surface area contributed by atoms with Crippen LogP contribution in [-0.4, -0.2) is 21.0 Å². The second kappa shape index (κ2) is 6.78. The molecule has 0 aliphatic heterocycles. The van der Waals surface area contributed by atoms with E-state index in [4.69, 9.17) is 0 Å². The Morgan fingerprint density at radius 1 is 1.32 bits per heavy atom. The van der Waals surface area contributed by atoms with Crippen LogP contribution in [0.3, 0.4) is 0 Å². The zero-order valence-electron chi connectivity index (χ0n) is 11.5. The van der Waals surface area contributed by atoms with Gasteiger partial charge in [-0.2, -0.15) is 0 Å². The first kappa shape index (κ1) is 14.8.